The van der Waals surface area contributed by atoms with Crippen LogP contribution in [0.1, 0.15) is 23.7 Å². The van der Waals surface area contributed by atoms with Crippen LogP contribution in [0.25, 0.3) is 0 Å². The van der Waals surface area contributed by atoms with Crippen LogP contribution in [0, 0.1) is 11.3 Å². The largest absolute Gasteiger partial charge is 0.497 e. The molecule has 128 valence electrons. The van der Waals surface area contributed by atoms with Gasteiger partial charge in [0, 0.05) is 5.56 Å². The number of methoxy groups -OCH3 is 3. The van der Waals surface area contributed by atoms with Crippen molar-refractivity contribution in [3.8, 4) is 5.75 Å². The molecular weight excluding hydrogens is 312 g/mol. The average molecular weight is 332 g/mol. The number of Topliss-reactive ketones (excluding diaryl/α,β-unsaturated/α-hetero) is 1. The van der Waals surface area contributed by atoms with Crippen molar-refractivity contribution in [1.29, 1.82) is 0 Å². The Morgan fingerprint density at radius 3 is 2.00 bits per heavy atom. The van der Waals surface area contributed by atoms with Crippen LogP contribution in [-0.4, -0.2) is 39.1 Å². The molecule has 0 amide bonds. The van der Waals surface area contributed by atoms with Crippen molar-refractivity contribution >= 4 is 17.7 Å². The van der Waals surface area contributed by atoms with Gasteiger partial charge >= 0.3 is 11.9 Å². The molecule has 0 spiro atoms. The third kappa shape index (κ3) is 2.68. The van der Waals surface area contributed by atoms with E-state index < -0.39 is 23.3 Å². The summed E-state index contributed by atoms with van der Waals surface area (Å²) in [7, 11) is 3.91. The molecule has 0 bridgehead atoms. The van der Waals surface area contributed by atoms with Gasteiger partial charge in [0.05, 0.1) is 27.2 Å². The predicted octanol–water partition coefficient (Wildman–Crippen LogP) is 2.18. The highest BCUT2D eigenvalue weighted by Gasteiger charge is 2.59. The van der Waals surface area contributed by atoms with Gasteiger partial charge in [-0.1, -0.05) is 11.6 Å². The maximum absolute atomic E-state index is 13.0. The molecule has 1 aliphatic rings. The van der Waals surface area contributed by atoms with Crippen molar-refractivity contribution in [2.45, 2.75) is 13.3 Å². The zero-order valence-corrected chi connectivity index (χ0v) is 14.1. The van der Waals surface area contributed by atoms with E-state index in [1.807, 2.05) is 0 Å². The Morgan fingerprint density at radius 2 is 1.54 bits per heavy atom. The highest BCUT2D eigenvalue weighted by atomic mass is 16.5. The standard InChI is InChI=1S/C18H20O6/c1-11-9-10-18(16(20)23-3,17(21)24-4)14(11)15(19)12-5-7-13(22-2)8-6-12/h5-9,14H,10H2,1-4H3/t14-/m0/s1. The normalized spacial score (nSPS) is 18.5. The van der Waals surface area contributed by atoms with Crippen molar-refractivity contribution in [2.24, 2.45) is 11.3 Å². The molecule has 6 nitrogen and oxygen atoms in total. The molecule has 1 aromatic carbocycles. The highest BCUT2D eigenvalue weighted by Crippen LogP contribution is 2.46. The monoisotopic (exact) mass is 332 g/mol. The Kier molecular flexibility index (Phi) is 5.07. The summed E-state index contributed by atoms with van der Waals surface area (Å²) in [6.07, 6.45) is 1.78. The van der Waals surface area contributed by atoms with Crippen molar-refractivity contribution in [1.82, 2.24) is 0 Å². The lowest BCUT2D eigenvalue weighted by molar-refractivity contribution is -0.170. The van der Waals surface area contributed by atoms with Crippen LogP contribution >= 0.6 is 0 Å². The lowest BCUT2D eigenvalue weighted by atomic mass is 9.71. The first kappa shape index (κ1) is 17.7. The van der Waals surface area contributed by atoms with Gasteiger partial charge in [0.15, 0.2) is 11.2 Å². The first-order valence-electron chi connectivity index (χ1n) is 7.44. The highest BCUT2D eigenvalue weighted by molar-refractivity contribution is 6.11. The summed E-state index contributed by atoms with van der Waals surface area (Å²) in [6.45, 7) is 1.72. The molecule has 1 atom stereocenters. The third-order valence-corrected chi connectivity index (χ3v) is 4.43. The van der Waals surface area contributed by atoms with Gasteiger partial charge in [-0.2, -0.15) is 0 Å². The van der Waals surface area contributed by atoms with Gasteiger partial charge in [-0.25, -0.2) is 0 Å². The lowest BCUT2D eigenvalue weighted by Crippen LogP contribution is -2.48. The second-order valence-corrected chi connectivity index (χ2v) is 5.63. The van der Waals surface area contributed by atoms with Crippen LogP contribution in [0.5, 0.6) is 5.75 Å². The molecule has 1 aliphatic carbocycles. The zero-order valence-electron chi connectivity index (χ0n) is 14.1. The second-order valence-electron chi connectivity index (χ2n) is 5.63. The number of allylic oxidation sites excluding steroid dienone is 2. The van der Waals surface area contributed by atoms with Crippen LogP contribution in [0.4, 0.5) is 0 Å². The number of rotatable bonds is 5. The van der Waals surface area contributed by atoms with Crippen LogP contribution in [-0.2, 0) is 19.1 Å². The van der Waals surface area contributed by atoms with Gasteiger partial charge in [-0.05, 0) is 37.6 Å². The molecule has 0 aromatic heterocycles. The summed E-state index contributed by atoms with van der Waals surface area (Å²) in [4.78, 5) is 37.8. The number of benzene rings is 1. The third-order valence-electron chi connectivity index (χ3n) is 4.43. The van der Waals surface area contributed by atoms with E-state index in [9.17, 15) is 14.4 Å². The van der Waals surface area contributed by atoms with Crippen LogP contribution in [0.3, 0.4) is 0 Å². The molecule has 24 heavy (non-hydrogen) atoms. The second kappa shape index (κ2) is 6.86. The topological polar surface area (TPSA) is 78.9 Å². The molecule has 0 heterocycles. The number of ether oxygens (including phenoxy) is 3. The minimum Gasteiger partial charge on any atom is -0.497 e. The Morgan fingerprint density at radius 1 is 1.00 bits per heavy atom. The lowest BCUT2D eigenvalue weighted by Gasteiger charge is -2.30. The zero-order chi connectivity index (χ0) is 17.9. The first-order chi connectivity index (χ1) is 11.4. The van der Waals surface area contributed by atoms with Gasteiger partial charge in [0.25, 0.3) is 0 Å². The first-order valence-corrected chi connectivity index (χ1v) is 7.44. The summed E-state index contributed by atoms with van der Waals surface area (Å²) in [5.74, 6) is -2.22. The molecule has 6 heteroatoms. The van der Waals surface area contributed by atoms with Gasteiger partial charge in [-0.15, -0.1) is 0 Å². The van der Waals surface area contributed by atoms with E-state index in [2.05, 4.69) is 0 Å². The van der Waals surface area contributed by atoms with Crippen molar-refractivity contribution in [2.75, 3.05) is 21.3 Å². The maximum atomic E-state index is 13.0. The average Bonchev–Trinajstić information content (AvgIpc) is 2.97. The van der Waals surface area contributed by atoms with Crippen LogP contribution in [0.15, 0.2) is 35.9 Å². The predicted molar refractivity (Wildman–Crippen MR) is 85.7 cm³/mol. The van der Waals surface area contributed by atoms with E-state index in [4.69, 9.17) is 14.2 Å². The van der Waals surface area contributed by atoms with Gasteiger partial charge in [0.1, 0.15) is 5.75 Å². The summed E-state index contributed by atoms with van der Waals surface area (Å²) in [5, 5.41) is 0. The number of esters is 2. The Bertz CT molecular complexity index is 670. The molecular formula is C18H20O6. The number of carbonyl (C=O) groups is 3. The summed E-state index contributed by atoms with van der Waals surface area (Å²) in [6, 6.07) is 6.51. The van der Waals surface area contributed by atoms with E-state index in [1.165, 1.54) is 21.3 Å². The fourth-order valence-electron chi connectivity index (χ4n) is 3.15. The van der Waals surface area contributed by atoms with Crippen molar-refractivity contribution in [3.05, 3.63) is 41.5 Å². The van der Waals surface area contributed by atoms with Gasteiger partial charge in [-0.3, -0.25) is 14.4 Å². The molecule has 0 saturated heterocycles. The minimum atomic E-state index is -1.68. The number of hydrogen-bond acceptors (Lipinski definition) is 6. The summed E-state index contributed by atoms with van der Waals surface area (Å²) >= 11 is 0. The van der Waals surface area contributed by atoms with E-state index in [-0.39, 0.29) is 12.2 Å². The van der Waals surface area contributed by atoms with E-state index in [1.54, 1.807) is 37.3 Å². The smallest absolute Gasteiger partial charge is 0.324 e. The quantitative estimate of drug-likeness (QED) is 0.356. The van der Waals surface area contributed by atoms with Crippen molar-refractivity contribution < 1.29 is 28.6 Å². The van der Waals surface area contributed by atoms with Crippen molar-refractivity contribution in [3.63, 3.8) is 0 Å². The molecule has 0 N–H and O–H groups in total. The number of carbonyl (C=O) groups excluding carboxylic acids is 3. The fraction of sp³-hybridized carbons (Fsp3) is 0.389. The number of hydrogen-bond donors (Lipinski definition) is 0. The maximum Gasteiger partial charge on any atom is 0.324 e. The fourth-order valence-corrected chi connectivity index (χ4v) is 3.15. The van der Waals surface area contributed by atoms with E-state index in [0.717, 1.165) is 0 Å². The van der Waals surface area contributed by atoms with Gasteiger partial charge < -0.3 is 14.2 Å². The Hall–Kier alpha value is -2.63. The van der Waals surface area contributed by atoms with E-state index >= 15 is 0 Å². The molecule has 1 aromatic rings. The Labute approximate surface area is 140 Å². The molecule has 0 saturated carbocycles. The molecule has 0 radical (unpaired) electrons. The summed E-state index contributed by atoms with van der Waals surface area (Å²) in [5.41, 5.74) is -0.649. The van der Waals surface area contributed by atoms with Crippen LogP contribution in [0.2, 0.25) is 0 Å². The Balaban J connectivity index is 2.49. The SMILES string of the molecule is COC(=O)C1(C(=O)OC)CC=C(C)[C@H]1C(=O)c1ccc(OC)cc1. The van der Waals surface area contributed by atoms with Crippen LogP contribution < -0.4 is 4.74 Å². The molecule has 0 unspecified atom stereocenters. The van der Waals surface area contributed by atoms with Gasteiger partial charge in [0.2, 0.25) is 0 Å². The van der Waals surface area contributed by atoms with E-state index in [0.29, 0.717) is 16.9 Å². The summed E-state index contributed by atoms with van der Waals surface area (Å²) < 4.78 is 14.7. The minimum absolute atomic E-state index is 0.0741. The number of ketones is 1. The molecule has 0 fully saturated rings. The molecule has 0 aliphatic heterocycles. The molecule has 2 rings (SSSR count).